The zero-order valence-corrected chi connectivity index (χ0v) is 20.3. The number of carbonyl (C=O) groups is 2. The highest BCUT2D eigenvalue weighted by Crippen LogP contribution is 2.31. The second-order valence-corrected chi connectivity index (χ2v) is 8.65. The van der Waals surface area contributed by atoms with E-state index in [1.165, 1.54) is 5.39 Å². The van der Waals surface area contributed by atoms with Gasteiger partial charge >= 0.3 is 6.03 Å². The maximum atomic E-state index is 12.9. The van der Waals surface area contributed by atoms with Crippen LogP contribution in [0, 0.1) is 0 Å². The number of halogens is 1. The summed E-state index contributed by atoms with van der Waals surface area (Å²) in [5.74, 6) is 0.701. The number of fused-ring (bicyclic) bond motifs is 1. The van der Waals surface area contributed by atoms with Gasteiger partial charge in [0.05, 0.1) is 12.3 Å². The van der Waals surface area contributed by atoms with Crippen molar-refractivity contribution in [2.75, 3.05) is 11.5 Å². The lowest BCUT2D eigenvalue weighted by atomic mass is 10.1. The predicted octanol–water partition coefficient (Wildman–Crippen LogP) is 6.57. The molecule has 1 aliphatic heterocycles. The lowest BCUT2D eigenvalue weighted by Crippen LogP contribution is -2.30. The van der Waals surface area contributed by atoms with Crippen molar-refractivity contribution in [1.29, 1.82) is 0 Å². The van der Waals surface area contributed by atoms with Crippen LogP contribution < -0.4 is 19.7 Å². The summed E-state index contributed by atoms with van der Waals surface area (Å²) in [5, 5.41) is 5.49. The maximum Gasteiger partial charge on any atom is 0.333 e. The van der Waals surface area contributed by atoms with E-state index >= 15 is 0 Å². The van der Waals surface area contributed by atoms with E-state index in [-0.39, 0.29) is 5.70 Å². The third-order valence-corrected chi connectivity index (χ3v) is 6.00. The van der Waals surface area contributed by atoms with Gasteiger partial charge in [0.2, 0.25) is 0 Å². The first-order valence-electron chi connectivity index (χ1n) is 11.5. The number of imide groups is 1. The summed E-state index contributed by atoms with van der Waals surface area (Å²) < 4.78 is 11.9. The second-order valence-electron chi connectivity index (χ2n) is 8.21. The monoisotopic (exact) mass is 498 g/mol. The average molecular weight is 499 g/mol. The van der Waals surface area contributed by atoms with Gasteiger partial charge in [-0.25, -0.2) is 9.69 Å². The molecule has 7 heteroatoms. The summed E-state index contributed by atoms with van der Waals surface area (Å²) in [6.07, 6.45) is 1.62. The first kappa shape index (κ1) is 23.5. The molecule has 0 unspecified atom stereocenters. The van der Waals surface area contributed by atoms with Crippen LogP contribution in [-0.4, -0.2) is 18.5 Å². The second kappa shape index (κ2) is 10.1. The fraction of sp³-hybridized carbons (Fsp3) is 0.103. The molecule has 4 aromatic rings. The third-order valence-electron chi connectivity index (χ3n) is 5.75. The molecule has 0 spiro atoms. The van der Waals surface area contributed by atoms with E-state index in [9.17, 15) is 9.59 Å². The van der Waals surface area contributed by atoms with Gasteiger partial charge < -0.3 is 14.8 Å². The molecule has 36 heavy (non-hydrogen) atoms. The molecular weight excluding hydrogens is 476 g/mol. The van der Waals surface area contributed by atoms with E-state index in [1.807, 2.05) is 31.2 Å². The van der Waals surface area contributed by atoms with Crippen molar-refractivity contribution < 1.29 is 19.1 Å². The van der Waals surface area contributed by atoms with Crippen LogP contribution in [0.15, 0.2) is 90.6 Å². The van der Waals surface area contributed by atoms with E-state index in [1.54, 1.807) is 42.5 Å². The molecule has 180 valence electrons. The number of nitrogens with one attached hydrogen (secondary N) is 1. The van der Waals surface area contributed by atoms with Crippen LogP contribution in [0.4, 0.5) is 10.5 Å². The number of benzene rings is 4. The Morgan fingerprint density at radius 3 is 2.42 bits per heavy atom. The van der Waals surface area contributed by atoms with Crippen LogP contribution in [-0.2, 0) is 11.4 Å². The Morgan fingerprint density at radius 1 is 0.861 bits per heavy atom. The van der Waals surface area contributed by atoms with Crippen LogP contribution in [0.1, 0.15) is 18.1 Å². The van der Waals surface area contributed by atoms with Gasteiger partial charge in [-0.05, 0) is 77.4 Å². The van der Waals surface area contributed by atoms with Crippen molar-refractivity contribution >= 4 is 46.1 Å². The molecule has 0 radical (unpaired) electrons. The van der Waals surface area contributed by atoms with Crippen molar-refractivity contribution in [1.82, 2.24) is 5.32 Å². The Balaban J connectivity index is 1.35. The zero-order chi connectivity index (χ0) is 25.1. The van der Waals surface area contributed by atoms with Gasteiger partial charge in [0.15, 0.2) is 11.5 Å². The minimum atomic E-state index is -0.519. The van der Waals surface area contributed by atoms with Gasteiger partial charge in [-0.1, -0.05) is 54.1 Å². The summed E-state index contributed by atoms with van der Waals surface area (Å²) in [5.41, 5.74) is 2.35. The fourth-order valence-electron chi connectivity index (χ4n) is 4.02. The molecular formula is C29H23ClN2O4. The van der Waals surface area contributed by atoms with Crippen LogP contribution in [0.5, 0.6) is 11.5 Å². The smallest absolute Gasteiger partial charge is 0.333 e. The molecule has 1 saturated heterocycles. The van der Waals surface area contributed by atoms with E-state index in [0.717, 1.165) is 15.8 Å². The summed E-state index contributed by atoms with van der Waals surface area (Å²) >= 11 is 5.92. The molecule has 6 nitrogen and oxygen atoms in total. The molecule has 1 aliphatic rings. The Hall–Kier alpha value is -4.29. The van der Waals surface area contributed by atoms with Crippen molar-refractivity contribution in [3.8, 4) is 11.5 Å². The third kappa shape index (κ3) is 4.90. The number of ether oxygens (including phenoxy) is 2. The Morgan fingerprint density at radius 2 is 1.64 bits per heavy atom. The summed E-state index contributed by atoms with van der Waals surface area (Å²) in [6, 6.07) is 25.8. The number of hydrogen-bond acceptors (Lipinski definition) is 4. The normalized spacial score (nSPS) is 14.4. The highest BCUT2D eigenvalue weighted by molar-refractivity contribution is 6.31. The number of amides is 3. The van der Waals surface area contributed by atoms with Crippen molar-refractivity contribution in [2.24, 2.45) is 0 Å². The number of rotatable bonds is 7. The van der Waals surface area contributed by atoms with Crippen LogP contribution in [0.2, 0.25) is 5.02 Å². The molecule has 0 aromatic heterocycles. The minimum Gasteiger partial charge on any atom is -0.490 e. The zero-order valence-electron chi connectivity index (χ0n) is 19.5. The molecule has 0 bridgehead atoms. The molecule has 4 aromatic carbocycles. The van der Waals surface area contributed by atoms with E-state index < -0.39 is 11.9 Å². The summed E-state index contributed by atoms with van der Waals surface area (Å²) in [6.45, 7) is 2.73. The molecule has 1 N–H and O–H groups in total. The van der Waals surface area contributed by atoms with E-state index in [0.29, 0.717) is 41.0 Å². The molecule has 5 rings (SSSR count). The van der Waals surface area contributed by atoms with Gasteiger partial charge in [-0.15, -0.1) is 0 Å². The standard InChI is InChI=1S/C29H23ClN2O4/c1-2-35-27-17-19(16-25-28(33)32(29(34)31-25)24-12-10-23(30)11-13-24)8-14-26(27)36-18-20-7-9-21-5-3-4-6-22(21)15-20/h3-17H,2,18H2,1H3,(H,31,34)/b25-16+. The van der Waals surface area contributed by atoms with Gasteiger partial charge in [0.25, 0.3) is 5.91 Å². The molecule has 1 fully saturated rings. The Bertz CT molecular complexity index is 1480. The summed E-state index contributed by atoms with van der Waals surface area (Å²) in [4.78, 5) is 26.5. The number of nitrogens with zero attached hydrogens (tertiary/aromatic N) is 1. The predicted molar refractivity (Wildman–Crippen MR) is 141 cm³/mol. The number of anilines is 1. The largest absolute Gasteiger partial charge is 0.490 e. The summed E-state index contributed by atoms with van der Waals surface area (Å²) in [7, 11) is 0. The van der Waals surface area contributed by atoms with E-state index in [2.05, 4.69) is 29.6 Å². The van der Waals surface area contributed by atoms with Crippen LogP contribution >= 0.6 is 11.6 Å². The number of urea groups is 1. The highest BCUT2D eigenvalue weighted by atomic mass is 35.5. The van der Waals surface area contributed by atoms with Gasteiger partial charge in [0, 0.05) is 5.02 Å². The van der Waals surface area contributed by atoms with E-state index in [4.69, 9.17) is 21.1 Å². The fourth-order valence-corrected chi connectivity index (χ4v) is 4.14. The van der Waals surface area contributed by atoms with Gasteiger partial charge in [0.1, 0.15) is 12.3 Å². The minimum absolute atomic E-state index is 0.169. The molecule has 3 amide bonds. The number of hydrogen-bond donors (Lipinski definition) is 1. The quantitative estimate of drug-likeness (QED) is 0.231. The first-order chi connectivity index (χ1) is 17.5. The van der Waals surface area contributed by atoms with Gasteiger partial charge in [-0.3, -0.25) is 4.79 Å². The van der Waals surface area contributed by atoms with Crippen molar-refractivity contribution in [2.45, 2.75) is 13.5 Å². The van der Waals surface area contributed by atoms with Crippen LogP contribution in [0.3, 0.4) is 0 Å². The first-order valence-corrected chi connectivity index (χ1v) is 11.9. The van der Waals surface area contributed by atoms with Crippen molar-refractivity contribution in [3.05, 3.63) is 107 Å². The van der Waals surface area contributed by atoms with Crippen LogP contribution in [0.25, 0.3) is 16.8 Å². The lowest BCUT2D eigenvalue weighted by Gasteiger charge is -2.13. The SMILES string of the molecule is CCOc1cc(/C=C2/NC(=O)N(c3ccc(Cl)cc3)C2=O)ccc1OCc1ccc2ccccc2c1. The van der Waals surface area contributed by atoms with Gasteiger partial charge in [-0.2, -0.15) is 0 Å². The molecule has 0 saturated carbocycles. The molecule has 0 atom stereocenters. The average Bonchev–Trinajstić information content (AvgIpc) is 3.16. The topological polar surface area (TPSA) is 67.9 Å². The molecule has 1 heterocycles. The number of carbonyl (C=O) groups excluding carboxylic acids is 2. The van der Waals surface area contributed by atoms with Crippen molar-refractivity contribution in [3.63, 3.8) is 0 Å². The maximum absolute atomic E-state index is 12.9. The molecule has 0 aliphatic carbocycles. The lowest BCUT2D eigenvalue weighted by molar-refractivity contribution is -0.113. The Labute approximate surface area is 213 Å². The Kier molecular flexibility index (Phi) is 6.60. The highest BCUT2D eigenvalue weighted by Gasteiger charge is 2.34.